The summed E-state index contributed by atoms with van der Waals surface area (Å²) in [6.45, 7) is 6.25. The van der Waals surface area contributed by atoms with Crippen molar-refractivity contribution in [2.45, 2.75) is 33.6 Å². The number of aromatic nitrogens is 1. The minimum absolute atomic E-state index is 0.0253. The van der Waals surface area contributed by atoms with E-state index < -0.39 is 0 Å². The van der Waals surface area contributed by atoms with Gasteiger partial charge in [0.2, 0.25) is 5.91 Å². The summed E-state index contributed by atoms with van der Waals surface area (Å²) in [7, 11) is 0. The predicted molar refractivity (Wildman–Crippen MR) is 97.2 cm³/mol. The molecule has 3 rings (SSSR count). The van der Waals surface area contributed by atoms with Crippen LogP contribution in [0.5, 0.6) is 0 Å². The first-order chi connectivity index (χ1) is 11.0. The number of carbonyl (C=O) groups is 1. The Balaban J connectivity index is 1.73. The van der Waals surface area contributed by atoms with Crippen LogP contribution in [0.3, 0.4) is 0 Å². The van der Waals surface area contributed by atoms with Crippen molar-refractivity contribution in [1.29, 1.82) is 0 Å². The second kappa shape index (κ2) is 6.50. The summed E-state index contributed by atoms with van der Waals surface area (Å²) >= 11 is 1.53. The Hall–Kier alpha value is -2.20. The monoisotopic (exact) mass is 324 g/mol. The highest BCUT2D eigenvalue weighted by Gasteiger charge is 2.10. The van der Waals surface area contributed by atoms with E-state index in [-0.39, 0.29) is 5.91 Å². The van der Waals surface area contributed by atoms with Gasteiger partial charge in [0.1, 0.15) is 0 Å². The van der Waals surface area contributed by atoms with E-state index in [4.69, 9.17) is 0 Å². The van der Waals surface area contributed by atoms with Crippen LogP contribution >= 0.6 is 11.3 Å². The Morgan fingerprint density at radius 2 is 1.83 bits per heavy atom. The van der Waals surface area contributed by atoms with Crippen molar-refractivity contribution in [2.75, 3.05) is 5.32 Å². The van der Waals surface area contributed by atoms with Crippen LogP contribution in [0.2, 0.25) is 0 Å². The molecule has 3 aromatic rings. The second-order valence-electron chi connectivity index (χ2n) is 5.84. The van der Waals surface area contributed by atoms with Gasteiger partial charge >= 0.3 is 0 Å². The van der Waals surface area contributed by atoms with Crippen molar-refractivity contribution in [1.82, 2.24) is 4.98 Å². The lowest BCUT2D eigenvalue weighted by Gasteiger charge is -2.03. The number of aryl methyl sites for hydroxylation is 3. The second-order valence-corrected chi connectivity index (χ2v) is 6.87. The zero-order valence-corrected chi connectivity index (χ0v) is 14.5. The molecule has 4 heteroatoms. The molecule has 2 aromatic carbocycles. The maximum absolute atomic E-state index is 12.2. The summed E-state index contributed by atoms with van der Waals surface area (Å²) in [6.07, 6.45) is 1.38. The normalized spacial score (nSPS) is 10.9. The third kappa shape index (κ3) is 3.59. The van der Waals surface area contributed by atoms with Gasteiger partial charge in [-0.2, -0.15) is 0 Å². The molecule has 0 bridgehead atoms. The van der Waals surface area contributed by atoms with Gasteiger partial charge in [0, 0.05) is 0 Å². The molecular formula is C19H20N2OS. The van der Waals surface area contributed by atoms with Crippen molar-refractivity contribution < 1.29 is 4.79 Å². The highest BCUT2D eigenvalue weighted by atomic mass is 32.1. The highest BCUT2D eigenvalue weighted by Crippen LogP contribution is 2.29. The largest absolute Gasteiger partial charge is 0.302 e. The van der Waals surface area contributed by atoms with Crippen LogP contribution in [-0.2, 0) is 17.6 Å². The van der Waals surface area contributed by atoms with E-state index in [1.807, 2.05) is 12.1 Å². The molecule has 0 aliphatic heterocycles. The Morgan fingerprint density at radius 1 is 1.13 bits per heavy atom. The fraction of sp³-hybridized carbons (Fsp3) is 0.263. The quantitative estimate of drug-likeness (QED) is 0.758. The standard InChI is InChI=1S/C19H20N2OS/c1-4-14-5-7-15(8-6-14)11-17(22)20-19-21-18-13(3)9-12(2)10-16(18)23-19/h5-10H,4,11H2,1-3H3,(H,20,21,22). The molecule has 0 radical (unpaired) electrons. The number of nitrogens with one attached hydrogen (secondary N) is 1. The van der Waals surface area contributed by atoms with Crippen LogP contribution in [0.25, 0.3) is 10.2 Å². The van der Waals surface area contributed by atoms with Gasteiger partial charge in [0.05, 0.1) is 16.6 Å². The minimum atomic E-state index is -0.0253. The first-order valence-corrected chi connectivity index (χ1v) is 8.62. The van der Waals surface area contributed by atoms with Gasteiger partial charge in [-0.15, -0.1) is 0 Å². The van der Waals surface area contributed by atoms with Crippen LogP contribution in [0.4, 0.5) is 5.13 Å². The van der Waals surface area contributed by atoms with E-state index >= 15 is 0 Å². The van der Waals surface area contributed by atoms with E-state index in [0.717, 1.165) is 27.8 Å². The molecule has 0 aliphatic rings. The Kier molecular flexibility index (Phi) is 4.44. The van der Waals surface area contributed by atoms with Crippen molar-refractivity contribution in [3.8, 4) is 0 Å². The van der Waals surface area contributed by atoms with Gasteiger partial charge in [-0.25, -0.2) is 4.98 Å². The number of anilines is 1. The molecule has 0 spiro atoms. The number of nitrogens with zero attached hydrogens (tertiary/aromatic N) is 1. The molecule has 0 saturated heterocycles. The molecule has 0 saturated carbocycles. The number of hydrogen-bond donors (Lipinski definition) is 1. The lowest BCUT2D eigenvalue weighted by atomic mass is 10.1. The predicted octanol–water partition coefficient (Wildman–Crippen LogP) is 4.66. The summed E-state index contributed by atoms with van der Waals surface area (Å²) in [5.74, 6) is -0.0253. The molecule has 1 aromatic heterocycles. The maximum atomic E-state index is 12.2. The molecule has 118 valence electrons. The number of benzene rings is 2. The Bertz CT molecular complexity index is 850. The lowest BCUT2D eigenvalue weighted by molar-refractivity contribution is -0.115. The van der Waals surface area contributed by atoms with Gasteiger partial charge in [0.15, 0.2) is 5.13 Å². The van der Waals surface area contributed by atoms with E-state index in [0.29, 0.717) is 11.6 Å². The topological polar surface area (TPSA) is 42.0 Å². The van der Waals surface area contributed by atoms with E-state index in [9.17, 15) is 4.79 Å². The van der Waals surface area contributed by atoms with Gasteiger partial charge in [-0.05, 0) is 48.6 Å². The van der Waals surface area contributed by atoms with Crippen molar-refractivity contribution >= 4 is 32.6 Å². The van der Waals surface area contributed by atoms with Gasteiger partial charge in [-0.1, -0.05) is 48.6 Å². The fourth-order valence-corrected chi connectivity index (χ4v) is 3.72. The number of carbonyl (C=O) groups excluding carboxylic acids is 1. The molecule has 0 aliphatic carbocycles. The number of hydrogen-bond acceptors (Lipinski definition) is 3. The molecule has 1 amide bonds. The van der Waals surface area contributed by atoms with Crippen molar-refractivity contribution in [3.63, 3.8) is 0 Å². The molecule has 0 unspecified atom stereocenters. The molecule has 3 nitrogen and oxygen atoms in total. The van der Waals surface area contributed by atoms with E-state index in [2.05, 4.69) is 55.3 Å². The summed E-state index contributed by atoms with van der Waals surface area (Å²) in [6, 6.07) is 12.4. The van der Waals surface area contributed by atoms with Crippen molar-refractivity contribution in [3.05, 3.63) is 58.7 Å². The summed E-state index contributed by atoms with van der Waals surface area (Å²) in [4.78, 5) is 16.8. The van der Waals surface area contributed by atoms with Gasteiger partial charge < -0.3 is 5.32 Å². The molecule has 1 heterocycles. The van der Waals surface area contributed by atoms with Crippen LogP contribution in [-0.4, -0.2) is 10.9 Å². The molecule has 23 heavy (non-hydrogen) atoms. The molecule has 0 atom stereocenters. The third-order valence-electron chi connectivity index (χ3n) is 3.87. The van der Waals surface area contributed by atoms with Crippen molar-refractivity contribution in [2.24, 2.45) is 0 Å². The number of amides is 1. The maximum Gasteiger partial charge on any atom is 0.230 e. The minimum Gasteiger partial charge on any atom is -0.302 e. The fourth-order valence-electron chi connectivity index (χ4n) is 2.67. The van der Waals surface area contributed by atoms with Crippen LogP contribution < -0.4 is 5.32 Å². The molecule has 0 fully saturated rings. The van der Waals surface area contributed by atoms with E-state index in [1.165, 1.54) is 22.5 Å². The zero-order valence-electron chi connectivity index (χ0n) is 13.6. The average molecular weight is 324 g/mol. The Labute approximate surface area is 140 Å². The molecular weight excluding hydrogens is 304 g/mol. The average Bonchev–Trinajstić information content (AvgIpc) is 2.90. The molecule has 1 N–H and O–H groups in total. The number of rotatable bonds is 4. The number of thiazole rings is 1. The smallest absolute Gasteiger partial charge is 0.230 e. The van der Waals surface area contributed by atoms with Crippen LogP contribution in [0.15, 0.2) is 36.4 Å². The van der Waals surface area contributed by atoms with E-state index in [1.54, 1.807) is 0 Å². The van der Waals surface area contributed by atoms with Gasteiger partial charge in [0.25, 0.3) is 0 Å². The Morgan fingerprint density at radius 3 is 2.52 bits per heavy atom. The lowest BCUT2D eigenvalue weighted by Crippen LogP contribution is -2.14. The summed E-state index contributed by atoms with van der Waals surface area (Å²) in [5, 5.41) is 3.59. The summed E-state index contributed by atoms with van der Waals surface area (Å²) < 4.78 is 1.12. The first-order valence-electron chi connectivity index (χ1n) is 7.80. The highest BCUT2D eigenvalue weighted by molar-refractivity contribution is 7.22. The van der Waals surface area contributed by atoms with Crippen LogP contribution in [0.1, 0.15) is 29.2 Å². The number of fused-ring (bicyclic) bond motifs is 1. The SMILES string of the molecule is CCc1ccc(CC(=O)Nc2nc3c(C)cc(C)cc3s2)cc1. The zero-order chi connectivity index (χ0) is 16.4. The van der Waals surface area contributed by atoms with Gasteiger partial charge in [-0.3, -0.25) is 4.79 Å². The third-order valence-corrected chi connectivity index (χ3v) is 4.79. The van der Waals surface area contributed by atoms with Crippen LogP contribution in [0, 0.1) is 13.8 Å². The first kappa shape index (κ1) is 15.7. The summed E-state index contributed by atoms with van der Waals surface area (Å²) in [5.41, 5.74) is 5.64.